The van der Waals surface area contributed by atoms with Crippen molar-refractivity contribution in [1.82, 2.24) is 4.90 Å². The Morgan fingerprint density at radius 1 is 1.18 bits per heavy atom. The third-order valence-corrected chi connectivity index (χ3v) is 6.49. The molecule has 1 saturated carbocycles. The molecular formula is C23H28FNO3. The second-order valence-corrected chi connectivity index (χ2v) is 8.18. The number of phenols is 1. The molecule has 3 unspecified atom stereocenters. The number of rotatable bonds is 4. The molecule has 1 heterocycles. The summed E-state index contributed by atoms with van der Waals surface area (Å²) in [4.78, 5) is 2.34. The van der Waals surface area contributed by atoms with Crippen LogP contribution in [0.4, 0.5) is 4.39 Å². The first kappa shape index (κ1) is 19.2. The summed E-state index contributed by atoms with van der Waals surface area (Å²) in [5, 5.41) is 21.4. The van der Waals surface area contributed by atoms with E-state index in [1.807, 2.05) is 18.2 Å². The molecule has 4 rings (SSSR count). The number of ether oxygens (including phenoxy) is 1. The van der Waals surface area contributed by atoms with Gasteiger partial charge in [0.25, 0.3) is 0 Å². The first-order chi connectivity index (χ1) is 13.5. The molecule has 2 aliphatic rings. The van der Waals surface area contributed by atoms with Gasteiger partial charge in [-0.1, -0.05) is 31.0 Å². The summed E-state index contributed by atoms with van der Waals surface area (Å²) in [5.41, 5.74) is 1.29. The van der Waals surface area contributed by atoms with E-state index >= 15 is 0 Å². The van der Waals surface area contributed by atoms with Gasteiger partial charge in [-0.15, -0.1) is 0 Å². The second-order valence-electron chi connectivity index (χ2n) is 8.18. The molecule has 0 amide bonds. The van der Waals surface area contributed by atoms with Crippen LogP contribution in [0.3, 0.4) is 0 Å². The van der Waals surface area contributed by atoms with Crippen molar-refractivity contribution in [3.05, 3.63) is 59.4 Å². The van der Waals surface area contributed by atoms with Crippen LogP contribution in [0.1, 0.15) is 49.3 Å². The summed E-state index contributed by atoms with van der Waals surface area (Å²) in [6, 6.07) is 12.2. The lowest BCUT2D eigenvalue weighted by molar-refractivity contribution is -0.126. The Labute approximate surface area is 165 Å². The normalized spacial score (nSPS) is 28.0. The third-order valence-electron chi connectivity index (χ3n) is 6.49. The summed E-state index contributed by atoms with van der Waals surface area (Å²) in [5.74, 6) is 0.426. The number of methoxy groups -OCH3 is 1. The molecule has 5 heteroatoms. The van der Waals surface area contributed by atoms with E-state index in [1.165, 1.54) is 6.07 Å². The average molecular weight is 385 g/mol. The van der Waals surface area contributed by atoms with Crippen LogP contribution in [-0.2, 0) is 6.54 Å². The van der Waals surface area contributed by atoms with Crippen molar-refractivity contribution in [2.24, 2.45) is 5.92 Å². The lowest BCUT2D eigenvalue weighted by atomic mass is 9.66. The zero-order valence-corrected chi connectivity index (χ0v) is 16.3. The Kier molecular flexibility index (Phi) is 5.30. The largest absolute Gasteiger partial charge is 0.504 e. The van der Waals surface area contributed by atoms with Crippen LogP contribution in [-0.4, -0.2) is 34.4 Å². The topological polar surface area (TPSA) is 52.9 Å². The Morgan fingerprint density at radius 2 is 2.04 bits per heavy atom. The molecule has 0 aromatic heterocycles. The fourth-order valence-corrected chi connectivity index (χ4v) is 5.11. The Hall–Kier alpha value is -2.11. The smallest absolute Gasteiger partial charge is 0.160 e. The van der Waals surface area contributed by atoms with Gasteiger partial charge in [-0.05, 0) is 54.7 Å². The molecule has 2 N–H and O–H groups in total. The summed E-state index contributed by atoms with van der Waals surface area (Å²) in [7, 11) is 1.54. The highest BCUT2D eigenvalue weighted by atomic mass is 19.1. The van der Waals surface area contributed by atoms with Gasteiger partial charge < -0.3 is 14.9 Å². The maximum absolute atomic E-state index is 13.7. The molecule has 1 saturated heterocycles. The van der Waals surface area contributed by atoms with Crippen molar-refractivity contribution in [3.63, 3.8) is 0 Å². The molecule has 1 aliphatic carbocycles. The molecule has 2 fully saturated rings. The standard InChI is InChI=1S/C23H28FNO3/c1-28-21-14-17(8-9-20(21)26)22-19-7-2-3-10-23(19,27)11-12-25(22)15-16-5-4-6-18(24)13-16/h4-6,8-9,13-14,19,22,26-27H,2-3,7,10-12,15H2,1H3. The molecule has 0 bridgehead atoms. The highest BCUT2D eigenvalue weighted by molar-refractivity contribution is 5.43. The number of aliphatic hydroxyl groups is 1. The van der Waals surface area contributed by atoms with Crippen LogP contribution in [0.15, 0.2) is 42.5 Å². The van der Waals surface area contributed by atoms with Crippen molar-refractivity contribution in [2.75, 3.05) is 13.7 Å². The van der Waals surface area contributed by atoms with E-state index in [4.69, 9.17) is 4.74 Å². The first-order valence-corrected chi connectivity index (χ1v) is 10.1. The fraction of sp³-hybridized carbons (Fsp3) is 0.478. The van der Waals surface area contributed by atoms with E-state index in [-0.39, 0.29) is 23.5 Å². The molecule has 0 spiro atoms. The van der Waals surface area contributed by atoms with Gasteiger partial charge >= 0.3 is 0 Å². The minimum Gasteiger partial charge on any atom is -0.504 e. The van der Waals surface area contributed by atoms with Crippen LogP contribution < -0.4 is 4.74 Å². The number of fused-ring (bicyclic) bond motifs is 1. The SMILES string of the molecule is COc1cc(C2C3CCCCC3(O)CCN2Cc2cccc(F)c2)ccc1O. The summed E-state index contributed by atoms with van der Waals surface area (Å²) >= 11 is 0. The highest BCUT2D eigenvalue weighted by Crippen LogP contribution is 2.50. The van der Waals surface area contributed by atoms with Crippen molar-refractivity contribution in [1.29, 1.82) is 0 Å². The molecular weight excluding hydrogens is 357 g/mol. The van der Waals surface area contributed by atoms with E-state index in [1.54, 1.807) is 25.3 Å². The minimum absolute atomic E-state index is 0.00295. The molecule has 1 aliphatic heterocycles. The maximum atomic E-state index is 13.7. The van der Waals surface area contributed by atoms with Gasteiger partial charge in [0, 0.05) is 25.0 Å². The van der Waals surface area contributed by atoms with E-state index in [0.717, 1.165) is 49.8 Å². The Balaban J connectivity index is 1.72. The average Bonchev–Trinajstić information content (AvgIpc) is 2.69. The molecule has 4 nitrogen and oxygen atoms in total. The van der Waals surface area contributed by atoms with Gasteiger partial charge in [0.1, 0.15) is 5.82 Å². The van der Waals surface area contributed by atoms with Crippen LogP contribution in [0.5, 0.6) is 11.5 Å². The van der Waals surface area contributed by atoms with Crippen LogP contribution >= 0.6 is 0 Å². The Bertz CT molecular complexity index is 842. The summed E-state index contributed by atoms with van der Waals surface area (Å²) < 4.78 is 19.0. The van der Waals surface area contributed by atoms with E-state index in [0.29, 0.717) is 12.3 Å². The van der Waals surface area contributed by atoms with Gasteiger partial charge in [0.05, 0.1) is 12.7 Å². The van der Waals surface area contributed by atoms with Gasteiger partial charge in [0.15, 0.2) is 11.5 Å². The quantitative estimate of drug-likeness (QED) is 0.819. The fourth-order valence-electron chi connectivity index (χ4n) is 5.11. The van der Waals surface area contributed by atoms with Gasteiger partial charge in [-0.25, -0.2) is 4.39 Å². The molecule has 3 atom stereocenters. The number of aromatic hydroxyl groups is 1. The molecule has 150 valence electrons. The number of halogens is 1. The van der Waals surface area contributed by atoms with E-state index < -0.39 is 5.60 Å². The predicted octanol–water partition coefficient (Wildman–Crippen LogP) is 4.41. The lowest BCUT2D eigenvalue weighted by Crippen LogP contribution is -2.54. The minimum atomic E-state index is -0.660. The zero-order chi connectivity index (χ0) is 19.7. The number of likely N-dealkylation sites (tertiary alicyclic amines) is 1. The van der Waals surface area contributed by atoms with Crippen molar-refractivity contribution < 1.29 is 19.3 Å². The number of phenolic OH excluding ortho intramolecular Hbond substituents is 1. The third kappa shape index (κ3) is 3.61. The first-order valence-electron chi connectivity index (χ1n) is 10.1. The number of nitrogens with zero attached hydrogens (tertiary/aromatic N) is 1. The monoisotopic (exact) mass is 385 g/mol. The Morgan fingerprint density at radius 3 is 2.82 bits per heavy atom. The van der Waals surface area contributed by atoms with Crippen molar-refractivity contribution in [3.8, 4) is 11.5 Å². The number of piperidine rings is 1. The second kappa shape index (κ2) is 7.72. The molecule has 0 radical (unpaired) electrons. The zero-order valence-electron chi connectivity index (χ0n) is 16.3. The van der Waals surface area contributed by atoms with E-state index in [9.17, 15) is 14.6 Å². The summed E-state index contributed by atoms with van der Waals surface area (Å²) in [6.45, 7) is 1.37. The van der Waals surface area contributed by atoms with Crippen LogP contribution in [0, 0.1) is 11.7 Å². The predicted molar refractivity (Wildman–Crippen MR) is 106 cm³/mol. The number of hydrogen-bond donors (Lipinski definition) is 2. The lowest BCUT2D eigenvalue weighted by Gasteiger charge is -2.52. The number of hydrogen-bond acceptors (Lipinski definition) is 4. The number of benzene rings is 2. The molecule has 2 aromatic carbocycles. The molecule has 28 heavy (non-hydrogen) atoms. The molecule has 2 aromatic rings. The van der Waals surface area contributed by atoms with Gasteiger partial charge in [-0.3, -0.25) is 4.90 Å². The maximum Gasteiger partial charge on any atom is 0.160 e. The highest BCUT2D eigenvalue weighted by Gasteiger charge is 2.48. The van der Waals surface area contributed by atoms with Crippen molar-refractivity contribution >= 4 is 0 Å². The summed E-state index contributed by atoms with van der Waals surface area (Å²) in [6.07, 6.45) is 4.69. The van der Waals surface area contributed by atoms with E-state index in [2.05, 4.69) is 4.90 Å². The van der Waals surface area contributed by atoms with Crippen LogP contribution in [0.2, 0.25) is 0 Å². The van der Waals surface area contributed by atoms with Crippen molar-refractivity contribution in [2.45, 2.75) is 50.3 Å². The van der Waals surface area contributed by atoms with Gasteiger partial charge in [0.2, 0.25) is 0 Å². The van der Waals surface area contributed by atoms with Crippen LogP contribution in [0.25, 0.3) is 0 Å². The van der Waals surface area contributed by atoms with Gasteiger partial charge in [-0.2, -0.15) is 0 Å².